The van der Waals surface area contributed by atoms with E-state index in [-0.39, 0.29) is 5.41 Å². The lowest BCUT2D eigenvalue weighted by molar-refractivity contribution is 0.360. The van der Waals surface area contributed by atoms with Gasteiger partial charge in [-0.1, -0.05) is 105 Å². The maximum absolute atomic E-state index is 6.90. The standard InChI is InChI=1S/C45H32N2O2/c1-45(2)36-21-9-6-18-32(36)35-27-42-43(28-37(35)45)49-44-40(24-13-25-41(44)48-42)46(29-14-4-3-5-15-29)30-16-12-17-31(26-30)47-38-22-10-7-19-33(38)34-20-8-11-23-39(34)47/h3-28H,1-2H3. The van der Waals surface area contributed by atoms with Crippen molar-refractivity contribution < 1.29 is 9.47 Å². The maximum atomic E-state index is 6.90. The third-order valence-electron chi connectivity index (χ3n) is 10.2. The first kappa shape index (κ1) is 27.8. The second kappa shape index (κ2) is 10.4. The van der Waals surface area contributed by atoms with Gasteiger partial charge in [-0.2, -0.15) is 0 Å². The molecule has 4 heteroatoms. The van der Waals surface area contributed by atoms with E-state index in [1.54, 1.807) is 0 Å². The number of aromatic nitrogens is 1. The molecule has 0 N–H and O–H groups in total. The first-order valence-electron chi connectivity index (χ1n) is 16.8. The zero-order valence-electron chi connectivity index (χ0n) is 27.2. The number of nitrogens with zero attached hydrogens (tertiary/aromatic N) is 2. The second-order valence-corrected chi connectivity index (χ2v) is 13.4. The van der Waals surface area contributed by atoms with Gasteiger partial charge < -0.3 is 18.9 Å². The number of para-hydroxylation sites is 4. The fraction of sp³-hybridized carbons (Fsp3) is 0.0667. The van der Waals surface area contributed by atoms with E-state index in [0.29, 0.717) is 11.5 Å². The third kappa shape index (κ3) is 4.10. The van der Waals surface area contributed by atoms with Crippen LogP contribution in [0.3, 0.4) is 0 Å². The Morgan fingerprint density at radius 3 is 1.94 bits per heavy atom. The van der Waals surface area contributed by atoms with Crippen LogP contribution in [-0.2, 0) is 5.41 Å². The predicted octanol–water partition coefficient (Wildman–Crippen LogP) is 12.5. The molecule has 0 unspecified atom stereocenters. The average molecular weight is 633 g/mol. The molecule has 0 radical (unpaired) electrons. The minimum atomic E-state index is -0.145. The molecule has 0 fully saturated rings. The van der Waals surface area contributed by atoms with Gasteiger partial charge in [0, 0.05) is 33.2 Å². The number of hydrogen-bond donors (Lipinski definition) is 0. The van der Waals surface area contributed by atoms with Crippen LogP contribution in [0.25, 0.3) is 38.6 Å². The van der Waals surface area contributed by atoms with Crippen molar-refractivity contribution in [2.45, 2.75) is 19.3 Å². The molecule has 1 aliphatic heterocycles. The van der Waals surface area contributed by atoms with Crippen molar-refractivity contribution in [2.24, 2.45) is 0 Å². The van der Waals surface area contributed by atoms with Gasteiger partial charge in [-0.3, -0.25) is 0 Å². The summed E-state index contributed by atoms with van der Waals surface area (Å²) in [5.41, 5.74) is 11.3. The van der Waals surface area contributed by atoms with E-state index in [4.69, 9.17) is 9.47 Å². The van der Waals surface area contributed by atoms with E-state index in [2.05, 4.69) is 163 Å². The highest BCUT2D eigenvalue weighted by Crippen LogP contribution is 2.57. The number of anilines is 3. The lowest BCUT2D eigenvalue weighted by atomic mass is 9.82. The number of ether oxygens (including phenoxy) is 2. The van der Waals surface area contributed by atoms with Crippen LogP contribution in [0.15, 0.2) is 158 Å². The van der Waals surface area contributed by atoms with E-state index in [1.165, 1.54) is 44.1 Å². The lowest BCUT2D eigenvalue weighted by Crippen LogP contribution is -2.15. The van der Waals surface area contributed by atoms with Crippen LogP contribution in [0, 0.1) is 0 Å². The average Bonchev–Trinajstić information content (AvgIpc) is 3.59. The van der Waals surface area contributed by atoms with Crippen LogP contribution in [0.5, 0.6) is 23.0 Å². The number of rotatable bonds is 4. The van der Waals surface area contributed by atoms with Crippen LogP contribution in [0.2, 0.25) is 0 Å². The van der Waals surface area contributed by atoms with Crippen LogP contribution < -0.4 is 14.4 Å². The lowest BCUT2D eigenvalue weighted by Gasteiger charge is -2.31. The van der Waals surface area contributed by atoms with Gasteiger partial charge in [0.05, 0.1) is 16.7 Å². The first-order chi connectivity index (χ1) is 24.1. The van der Waals surface area contributed by atoms with Gasteiger partial charge in [-0.15, -0.1) is 0 Å². The van der Waals surface area contributed by atoms with Gasteiger partial charge >= 0.3 is 0 Å². The fourth-order valence-corrected chi connectivity index (χ4v) is 7.94. The Labute approximate surface area is 285 Å². The Kier molecular flexibility index (Phi) is 5.89. The molecule has 49 heavy (non-hydrogen) atoms. The zero-order valence-corrected chi connectivity index (χ0v) is 27.2. The molecule has 2 heterocycles. The Hall–Kier alpha value is -6.26. The summed E-state index contributed by atoms with van der Waals surface area (Å²) in [4.78, 5) is 2.26. The monoisotopic (exact) mass is 632 g/mol. The molecule has 234 valence electrons. The number of hydrogen-bond acceptors (Lipinski definition) is 3. The molecule has 0 saturated carbocycles. The van der Waals surface area contributed by atoms with Gasteiger partial charge in [0.1, 0.15) is 0 Å². The molecule has 4 nitrogen and oxygen atoms in total. The molecular formula is C45H32N2O2. The largest absolute Gasteiger partial charge is 0.449 e. The van der Waals surface area contributed by atoms with Crippen molar-refractivity contribution in [3.63, 3.8) is 0 Å². The molecule has 10 rings (SSSR count). The van der Waals surface area contributed by atoms with Crippen LogP contribution in [-0.4, -0.2) is 4.57 Å². The van der Waals surface area contributed by atoms with E-state index in [1.807, 2.05) is 18.2 Å². The van der Waals surface area contributed by atoms with Crippen molar-refractivity contribution in [3.8, 4) is 39.8 Å². The number of fused-ring (bicyclic) bond motifs is 8. The normalized spacial score (nSPS) is 13.6. The summed E-state index contributed by atoms with van der Waals surface area (Å²) < 4.78 is 15.9. The first-order valence-corrected chi connectivity index (χ1v) is 16.8. The van der Waals surface area contributed by atoms with Gasteiger partial charge in [0.15, 0.2) is 23.0 Å². The van der Waals surface area contributed by atoms with Crippen molar-refractivity contribution >= 4 is 38.9 Å². The minimum absolute atomic E-state index is 0.145. The summed E-state index contributed by atoms with van der Waals surface area (Å²) >= 11 is 0. The van der Waals surface area contributed by atoms with Crippen molar-refractivity contribution in [2.75, 3.05) is 4.90 Å². The van der Waals surface area contributed by atoms with Gasteiger partial charge in [0.2, 0.25) is 0 Å². The predicted molar refractivity (Wildman–Crippen MR) is 200 cm³/mol. The van der Waals surface area contributed by atoms with Crippen molar-refractivity contribution in [3.05, 3.63) is 169 Å². The third-order valence-corrected chi connectivity index (χ3v) is 10.2. The summed E-state index contributed by atoms with van der Waals surface area (Å²) in [5, 5.41) is 2.48. The van der Waals surface area contributed by atoms with E-state index >= 15 is 0 Å². The van der Waals surface area contributed by atoms with Gasteiger partial charge in [0.25, 0.3) is 0 Å². The Balaban J connectivity index is 1.13. The summed E-state index contributed by atoms with van der Waals surface area (Å²) in [7, 11) is 0. The SMILES string of the molecule is CC1(C)c2ccccc2-c2cc3c(cc21)Oc1c(cccc1N(c1ccccc1)c1cccc(-n2c4ccccc4c4ccccc42)c1)O3. The zero-order chi connectivity index (χ0) is 32.7. The van der Waals surface area contributed by atoms with Crippen LogP contribution in [0.1, 0.15) is 25.0 Å². The molecule has 1 aliphatic carbocycles. The molecule has 0 spiro atoms. The molecular weight excluding hydrogens is 601 g/mol. The van der Waals surface area contributed by atoms with Gasteiger partial charge in [-0.25, -0.2) is 0 Å². The Morgan fingerprint density at radius 1 is 0.490 bits per heavy atom. The van der Waals surface area contributed by atoms with Crippen molar-refractivity contribution in [1.29, 1.82) is 0 Å². The van der Waals surface area contributed by atoms with E-state index < -0.39 is 0 Å². The molecule has 8 aromatic rings. The van der Waals surface area contributed by atoms with Gasteiger partial charge in [-0.05, 0) is 89.0 Å². The van der Waals surface area contributed by atoms with Crippen LogP contribution in [0.4, 0.5) is 17.1 Å². The highest BCUT2D eigenvalue weighted by molar-refractivity contribution is 6.09. The van der Waals surface area contributed by atoms with E-state index in [0.717, 1.165) is 34.2 Å². The minimum Gasteiger partial charge on any atom is -0.449 e. The maximum Gasteiger partial charge on any atom is 0.194 e. The van der Waals surface area contributed by atoms with Crippen molar-refractivity contribution in [1.82, 2.24) is 4.57 Å². The molecule has 0 amide bonds. The number of benzene rings is 7. The molecule has 1 aromatic heterocycles. The van der Waals surface area contributed by atoms with Crippen LogP contribution >= 0.6 is 0 Å². The summed E-state index contributed by atoms with van der Waals surface area (Å²) in [6.07, 6.45) is 0. The Bertz CT molecular complexity index is 2550. The summed E-state index contributed by atoms with van der Waals surface area (Å²) in [6, 6.07) is 55.6. The molecule has 0 bridgehead atoms. The second-order valence-electron chi connectivity index (χ2n) is 13.4. The molecule has 2 aliphatic rings. The molecule has 0 atom stereocenters. The fourth-order valence-electron chi connectivity index (χ4n) is 7.94. The molecule has 0 saturated heterocycles. The summed E-state index contributed by atoms with van der Waals surface area (Å²) in [6.45, 7) is 4.57. The highest BCUT2D eigenvalue weighted by atomic mass is 16.6. The quantitative estimate of drug-likeness (QED) is 0.193. The highest BCUT2D eigenvalue weighted by Gasteiger charge is 2.38. The smallest absolute Gasteiger partial charge is 0.194 e. The Morgan fingerprint density at radius 2 is 1.14 bits per heavy atom. The summed E-state index contributed by atoms with van der Waals surface area (Å²) in [5.74, 6) is 2.84. The topological polar surface area (TPSA) is 26.6 Å². The van der Waals surface area contributed by atoms with E-state index in [9.17, 15) is 0 Å². The molecule has 7 aromatic carbocycles.